The van der Waals surface area contributed by atoms with Crippen LogP contribution < -0.4 is 4.90 Å². The minimum atomic E-state index is 0.418. The molecule has 0 saturated carbocycles. The molecule has 3 rings (SSSR count). The van der Waals surface area contributed by atoms with Crippen LogP contribution in [-0.4, -0.2) is 41.4 Å². The number of nitrogens with zero attached hydrogens (tertiary/aromatic N) is 4. The minimum Gasteiger partial charge on any atom is -0.384 e. The molecule has 0 N–H and O–H groups in total. The van der Waals surface area contributed by atoms with Gasteiger partial charge in [0.15, 0.2) is 5.65 Å². The summed E-state index contributed by atoms with van der Waals surface area (Å²) in [6.07, 6.45) is 1.18. The summed E-state index contributed by atoms with van der Waals surface area (Å²) in [4.78, 5) is 7.15. The zero-order valence-corrected chi connectivity index (χ0v) is 13.3. The molecule has 0 bridgehead atoms. The maximum atomic E-state index is 5.30. The van der Waals surface area contributed by atoms with E-state index < -0.39 is 0 Å². The van der Waals surface area contributed by atoms with E-state index in [2.05, 4.69) is 36.0 Å². The van der Waals surface area contributed by atoms with Crippen molar-refractivity contribution in [1.29, 1.82) is 0 Å². The van der Waals surface area contributed by atoms with E-state index in [0.717, 1.165) is 42.5 Å². The number of aryl methyl sites for hydroxylation is 1. The molecule has 1 fully saturated rings. The van der Waals surface area contributed by atoms with Gasteiger partial charge in [0.2, 0.25) is 0 Å². The lowest BCUT2D eigenvalue weighted by Gasteiger charge is -2.21. The van der Waals surface area contributed by atoms with Crippen LogP contribution in [0, 0.1) is 12.8 Å². The highest BCUT2D eigenvalue weighted by atomic mass is 16.5. The van der Waals surface area contributed by atoms with Crippen molar-refractivity contribution in [3.8, 4) is 0 Å². The number of hydrogen-bond acceptors (Lipinski definition) is 4. The van der Waals surface area contributed by atoms with Crippen LogP contribution in [0.2, 0.25) is 0 Å². The van der Waals surface area contributed by atoms with Crippen molar-refractivity contribution in [2.24, 2.45) is 5.92 Å². The van der Waals surface area contributed by atoms with Gasteiger partial charge in [0.1, 0.15) is 5.82 Å². The van der Waals surface area contributed by atoms with E-state index in [0.29, 0.717) is 11.8 Å². The Balaban J connectivity index is 2.00. The van der Waals surface area contributed by atoms with Gasteiger partial charge in [0, 0.05) is 43.9 Å². The fourth-order valence-corrected chi connectivity index (χ4v) is 3.03. The summed E-state index contributed by atoms with van der Waals surface area (Å²) in [6.45, 7) is 9.31. The third kappa shape index (κ3) is 2.75. The Morgan fingerprint density at radius 1 is 1.38 bits per heavy atom. The van der Waals surface area contributed by atoms with Crippen molar-refractivity contribution in [1.82, 2.24) is 14.6 Å². The van der Waals surface area contributed by atoms with Gasteiger partial charge in [0.05, 0.1) is 12.3 Å². The van der Waals surface area contributed by atoms with Crippen LogP contribution in [-0.2, 0) is 4.74 Å². The lowest BCUT2D eigenvalue weighted by atomic mass is 10.1. The van der Waals surface area contributed by atoms with E-state index in [9.17, 15) is 0 Å². The predicted molar refractivity (Wildman–Crippen MR) is 84.0 cm³/mol. The summed E-state index contributed by atoms with van der Waals surface area (Å²) in [5.41, 5.74) is 3.09. The zero-order chi connectivity index (χ0) is 15.0. The summed E-state index contributed by atoms with van der Waals surface area (Å²) < 4.78 is 7.28. The van der Waals surface area contributed by atoms with Crippen LogP contribution in [0.15, 0.2) is 12.1 Å². The second-order valence-electron chi connectivity index (χ2n) is 6.31. The number of rotatable bonds is 4. The van der Waals surface area contributed by atoms with Crippen molar-refractivity contribution in [3.63, 3.8) is 0 Å². The van der Waals surface area contributed by atoms with Crippen LogP contribution >= 0.6 is 0 Å². The molecule has 0 amide bonds. The summed E-state index contributed by atoms with van der Waals surface area (Å²) >= 11 is 0. The van der Waals surface area contributed by atoms with E-state index >= 15 is 0 Å². The number of aromatic nitrogens is 3. The smallest absolute Gasteiger partial charge is 0.157 e. The highest BCUT2D eigenvalue weighted by molar-refractivity contribution is 5.53. The topological polar surface area (TPSA) is 42.7 Å². The lowest BCUT2D eigenvalue weighted by Crippen LogP contribution is -2.24. The van der Waals surface area contributed by atoms with Crippen LogP contribution in [0.25, 0.3) is 5.65 Å². The number of hydrogen-bond donors (Lipinski definition) is 0. The Labute approximate surface area is 125 Å². The molecule has 1 aliphatic heterocycles. The molecule has 114 valence electrons. The standard InChI is InChI=1S/C16H24N4O/c1-11(2)14-8-16(19-6-5-13(9-19)10-21-4)20-15(17-14)7-12(3)18-20/h7-8,11,13H,5-6,9-10H2,1-4H3. The molecule has 1 saturated heterocycles. The van der Waals surface area contributed by atoms with Crippen LogP contribution in [0.4, 0.5) is 5.82 Å². The third-order valence-electron chi connectivity index (χ3n) is 4.15. The van der Waals surface area contributed by atoms with Crippen molar-refractivity contribution < 1.29 is 4.74 Å². The molecule has 21 heavy (non-hydrogen) atoms. The molecule has 3 heterocycles. The molecule has 1 atom stereocenters. The molecular weight excluding hydrogens is 264 g/mol. The zero-order valence-electron chi connectivity index (χ0n) is 13.3. The van der Waals surface area contributed by atoms with E-state index in [1.54, 1.807) is 7.11 Å². The Morgan fingerprint density at radius 3 is 2.90 bits per heavy atom. The molecule has 0 aromatic carbocycles. The third-order valence-corrected chi connectivity index (χ3v) is 4.15. The molecule has 5 heteroatoms. The monoisotopic (exact) mass is 288 g/mol. The average molecular weight is 288 g/mol. The van der Waals surface area contributed by atoms with Gasteiger partial charge in [-0.25, -0.2) is 4.98 Å². The number of anilines is 1. The first kappa shape index (κ1) is 14.3. The van der Waals surface area contributed by atoms with Gasteiger partial charge in [-0.2, -0.15) is 9.61 Å². The summed E-state index contributed by atoms with van der Waals surface area (Å²) in [5, 5.41) is 4.61. The molecule has 0 aliphatic carbocycles. The maximum Gasteiger partial charge on any atom is 0.157 e. The van der Waals surface area contributed by atoms with Crippen LogP contribution in [0.1, 0.15) is 37.6 Å². The van der Waals surface area contributed by atoms with Gasteiger partial charge < -0.3 is 9.64 Å². The molecule has 5 nitrogen and oxygen atoms in total. The largest absolute Gasteiger partial charge is 0.384 e. The fourth-order valence-electron chi connectivity index (χ4n) is 3.03. The Hall–Kier alpha value is -1.62. The van der Waals surface area contributed by atoms with E-state index in [4.69, 9.17) is 9.72 Å². The molecule has 1 aliphatic rings. The molecule has 2 aromatic rings. The van der Waals surface area contributed by atoms with E-state index in [-0.39, 0.29) is 0 Å². The van der Waals surface area contributed by atoms with Gasteiger partial charge >= 0.3 is 0 Å². The second-order valence-corrected chi connectivity index (χ2v) is 6.31. The van der Waals surface area contributed by atoms with Gasteiger partial charge in [-0.15, -0.1) is 0 Å². The Morgan fingerprint density at radius 2 is 2.19 bits per heavy atom. The second kappa shape index (κ2) is 5.64. The number of fused-ring (bicyclic) bond motifs is 1. The van der Waals surface area contributed by atoms with Gasteiger partial charge in [0.25, 0.3) is 0 Å². The normalized spacial score (nSPS) is 19.1. The van der Waals surface area contributed by atoms with Crippen molar-refractivity contribution >= 4 is 11.5 Å². The average Bonchev–Trinajstić information content (AvgIpc) is 3.03. The predicted octanol–water partition coefficient (Wildman–Crippen LogP) is 2.63. The number of methoxy groups -OCH3 is 1. The molecule has 2 aromatic heterocycles. The first-order chi connectivity index (χ1) is 10.1. The van der Waals surface area contributed by atoms with Gasteiger partial charge in [-0.3, -0.25) is 0 Å². The van der Waals surface area contributed by atoms with Crippen LogP contribution in [0.5, 0.6) is 0 Å². The molecule has 1 unspecified atom stereocenters. The van der Waals surface area contributed by atoms with Crippen molar-refractivity contribution in [2.75, 3.05) is 31.7 Å². The van der Waals surface area contributed by atoms with Gasteiger partial charge in [-0.05, 0) is 19.3 Å². The number of ether oxygens (including phenoxy) is 1. The summed E-state index contributed by atoms with van der Waals surface area (Å²) in [7, 11) is 1.78. The molecule has 0 spiro atoms. The maximum absolute atomic E-state index is 5.30. The molecule has 0 radical (unpaired) electrons. The van der Waals surface area contributed by atoms with E-state index in [1.807, 2.05) is 11.4 Å². The minimum absolute atomic E-state index is 0.418. The van der Waals surface area contributed by atoms with Crippen molar-refractivity contribution in [3.05, 3.63) is 23.5 Å². The Kier molecular flexibility index (Phi) is 3.85. The first-order valence-electron chi connectivity index (χ1n) is 7.69. The van der Waals surface area contributed by atoms with E-state index in [1.165, 1.54) is 6.42 Å². The highest BCUT2D eigenvalue weighted by Crippen LogP contribution is 2.27. The highest BCUT2D eigenvalue weighted by Gasteiger charge is 2.25. The Bertz CT molecular complexity index is 634. The fraction of sp³-hybridized carbons (Fsp3) is 0.625. The summed E-state index contributed by atoms with van der Waals surface area (Å²) in [6, 6.07) is 4.25. The van der Waals surface area contributed by atoms with Gasteiger partial charge in [-0.1, -0.05) is 13.8 Å². The first-order valence-corrected chi connectivity index (χ1v) is 7.69. The SMILES string of the molecule is COCC1CCN(c2cc(C(C)C)nc3cc(C)nn23)C1. The van der Waals surface area contributed by atoms with Crippen molar-refractivity contribution in [2.45, 2.75) is 33.1 Å². The lowest BCUT2D eigenvalue weighted by molar-refractivity contribution is 0.161. The summed E-state index contributed by atoms with van der Waals surface area (Å²) in [5.74, 6) is 2.19. The van der Waals surface area contributed by atoms with Crippen LogP contribution in [0.3, 0.4) is 0 Å². The quantitative estimate of drug-likeness (QED) is 0.867. The molecular formula is C16H24N4O.